The molecule has 0 unspecified atom stereocenters. The van der Waals surface area contributed by atoms with Gasteiger partial charge in [0.15, 0.2) is 4.99 Å². The second-order valence-electron chi connectivity index (χ2n) is 2.52. The topological polar surface area (TPSA) is 45.0 Å². The lowest BCUT2D eigenvalue weighted by Gasteiger charge is -2.04. The average Bonchev–Trinajstić information content (AvgIpc) is 2.21. The molecule has 0 aromatic heterocycles. The van der Waals surface area contributed by atoms with E-state index in [0.29, 0.717) is 6.61 Å². The first-order chi connectivity index (χ1) is 6.76. The van der Waals surface area contributed by atoms with Gasteiger partial charge >= 0.3 is 0 Å². The number of rotatable bonds is 3. The van der Waals surface area contributed by atoms with Crippen molar-refractivity contribution in [2.75, 3.05) is 11.9 Å². The van der Waals surface area contributed by atoms with Gasteiger partial charge in [0.2, 0.25) is 0 Å². The lowest BCUT2D eigenvalue weighted by atomic mass is 10.3. The summed E-state index contributed by atoms with van der Waals surface area (Å²) in [6.45, 7) is 2.57. The first kappa shape index (κ1) is 10.5. The molecule has 0 radical (unpaired) electrons. The molecule has 0 fully saturated rings. The molecule has 0 aliphatic rings. The molecular formula is C10H10N2OS. The number of nitrogens with one attached hydrogen (secondary N) is 1. The van der Waals surface area contributed by atoms with Gasteiger partial charge in [0.1, 0.15) is 11.8 Å². The Balaban J connectivity index is 2.65. The van der Waals surface area contributed by atoms with Crippen LogP contribution in [-0.2, 0) is 0 Å². The normalized spacial score (nSPS) is 8.86. The SMILES string of the molecule is CCOc1ccc(NC(=S)C#N)cc1. The summed E-state index contributed by atoms with van der Waals surface area (Å²) in [6.07, 6.45) is 0. The molecule has 0 bridgehead atoms. The Kier molecular flexibility index (Phi) is 3.89. The van der Waals surface area contributed by atoms with Gasteiger partial charge in [0, 0.05) is 5.69 Å². The van der Waals surface area contributed by atoms with Crippen LogP contribution in [0.25, 0.3) is 0 Å². The molecule has 0 amide bonds. The highest BCUT2D eigenvalue weighted by Gasteiger charge is 1.96. The molecule has 0 saturated heterocycles. The van der Waals surface area contributed by atoms with Crippen molar-refractivity contribution in [3.8, 4) is 11.8 Å². The van der Waals surface area contributed by atoms with Crippen molar-refractivity contribution < 1.29 is 4.74 Å². The third kappa shape index (κ3) is 3.04. The van der Waals surface area contributed by atoms with Gasteiger partial charge in [-0.2, -0.15) is 5.26 Å². The maximum Gasteiger partial charge on any atom is 0.182 e. The first-order valence-electron chi connectivity index (χ1n) is 4.20. The molecule has 0 aliphatic carbocycles. The minimum absolute atomic E-state index is 0.161. The Morgan fingerprint density at radius 3 is 2.64 bits per heavy atom. The molecular weight excluding hydrogens is 196 g/mol. The Morgan fingerprint density at radius 2 is 2.14 bits per heavy atom. The lowest BCUT2D eigenvalue weighted by Crippen LogP contribution is -2.05. The van der Waals surface area contributed by atoms with E-state index < -0.39 is 0 Å². The van der Waals surface area contributed by atoms with E-state index in [2.05, 4.69) is 5.32 Å². The van der Waals surface area contributed by atoms with Gasteiger partial charge in [-0.25, -0.2) is 0 Å². The van der Waals surface area contributed by atoms with Gasteiger partial charge in [0.05, 0.1) is 6.61 Å². The predicted octanol–water partition coefficient (Wildman–Crippen LogP) is 2.35. The van der Waals surface area contributed by atoms with E-state index in [9.17, 15) is 0 Å². The lowest BCUT2D eigenvalue weighted by molar-refractivity contribution is 0.340. The molecule has 0 atom stereocenters. The number of ether oxygens (including phenoxy) is 1. The smallest absolute Gasteiger partial charge is 0.182 e. The Morgan fingerprint density at radius 1 is 1.50 bits per heavy atom. The average molecular weight is 206 g/mol. The molecule has 0 aliphatic heterocycles. The molecule has 0 heterocycles. The zero-order chi connectivity index (χ0) is 10.4. The van der Waals surface area contributed by atoms with Crippen LogP contribution in [0.5, 0.6) is 5.75 Å². The molecule has 1 aromatic rings. The van der Waals surface area contributed by atoms with Crippen LogP contribution >= 0.6 is 12.2 Å². The zero-order valence-electron chi connectivity index (χ0n) is 7.78. The predicted molar refractivity (Wildman–Crippen MR) is 59.4 cm³/mol. The fraction of sp³-hybridized carbons (Fsp3) is 0.200. The summed E-state index contributed by atoms with van der Waals surface area (Å²) in [4.78, 5) is 0.161. The van der Waals surface area contributed by atoms with E-state index in [0.717, 1.165) is 11.4 Å². The van der Waals surface area contributed by atoms with E-state index in [-0.39, 0.29) is 4.99 Å². The molecule has 1 rings (SSSR count). The van der Waals surface area contributed by atoms with Crippen molar-refractivity contribution in [3.63, 3.8) is 0 Å². The van der Waals surface area contributed by atoms with E-state index in [4.69, 9.17) is 22.2 Å². The highest BCUT2D eigenvalue weighted by molar-refractivity contribution is 7.81. The molecule has 4 heteroatoms. The maximum absolute atomic E-state index is 8.46. The first-order valence-corrected chi connectivity index (χ1v) is 4.61. The minimum Gasteiger partial charge on any atom is -0.494 e. The third-order valence-corrected chi connectivity index (χ3v) is 1.72. The molecule has 1 aromatic carbocycles. The van der Waals surface area contributed by atoms with Crippen LogP contribution < -0.4 is 10.1 Å². The van der Waals surface area contributed by atoms with Crippen molar-refractivity contribution in [2.45, 2.75) is 6.92 Å². The highest BCUT2D eigenvalue weighted by Crippen LogP contribution is 2.15. The summed E-state index contributed by atoms with van der Waals surface area (Å²) in [5.41, 5.74) is 0.792. The van der Waals surface area contributed by atoms with Crippen LogP contribution in [-0.4, -0.2) is 11.6 Å². The van der Waals surface area contributed by atoms with E-state index in [1.165, 1.54) is 0 Å². The van der Waals surface area contributed by atoms with Gasteiger partial charge < -0.3 is 10.1 Å². The van der Waals surface area contributed by atoms with Crippen LogP contribution in [0.15, 0.2) is 24.3 Å². The van der Waals surface area contributed by atoms with Gasteiger partial charge in [-0.1, -0.05) is 0 Å². The fourth-order valence-corrected chi connectivity index (χ4v) is 1.08. The standard InChI is InChI=1S/C10H10N2OS/c1-2-13-9-5-3-8(4-6-9)12-10(14)7-11/h3-6H,2H2,1H3,(H,12,14). The molecule has 0 saturated carbocycles. The number of nitrogens with zero attached hydrogens (tertiary/aromatic N) is 1. The van der Waals surface area contributed by atoms with Crippen molar-refractivity contribution >= 4 is 22.9 Å². The van der Waals surface area contributed by atoms with E-state index >= 15 is 0 Å². The number of hydrogen-bond donors (Lipinski definition) is 1. The number of nitriles is 1. The zero-order valence-corrected chi connectivity index (χ0v) is 8.60. The number of thiocarbonyl (C=S) groups is 1. The van der Waals surface area contributed by atoms with Crippen molar-refractivity contribution in [2.24, 2.45) is 0 Å². The molecule has 0 spiro atoms. The Hall–Kier alpha value is -1.60. The Bertz CT molecular complexity index is 353. The summed E-state index contributed by atoms with van der Waals surface area (Å²) < 4.78 is 5.27. The van der Waals surface area contributed by atoms with E-state index in [1.54, 1.807) is 0 Å². The van der Waals surface area contributed by atoms with Crippen LogP contribution in [0, 0.1) is 11.3 Å². The van der Waals surface area contributed by atoms with Gasteiger partial charge in [-0.05, 0) is 43.4 Å². The van der Waals surface area contributed by atoms with Crippen LogP contribution in [0.1, 0.15) is 6.92 Å². The molecule has 3 nitrogen and oxygen atoms in total. The third-order valence-electron chi connectivity index (χ3n) is 1.52. The van der Waals surface area contributed by atoms with Crippen molar-refractivity contribution in [1.29, 1.82) is 5.26 Å². The molecule has 72 valence electrons. The summed E-state index contributed by atoms with van der Waals surface area (Å²) in [5.74, 6) is 0.806. The van der Waals surface area contributed by atoms with E-state index in [1.807, 2.05) is 37.3 Å². The highest BCUT2D eigenvalue weighted by atomic mass is 32.1. The number of anilines is 1. The van der Waals surface area contributed by atoms with Gasteiger partial charge in [-0.3, -0.25) is 0 Å². The summed E-state index contributed by atoms with van der Waals surface area (Å²) >= 11 is 4.72. The number of hydrogen-bond acceptors (Lipinski definition) is 3. The summed E-state index contributed by atoms with van der Waals surface area (Å²) in [7, 11) is 0. The quantitative estimate of drug-likeness (QED) is 0.771. The summed E-state index contributed by atoms with van der Waals surface area (Å²) in [5, 5.41) is 11.2. The largest absolute Gasteiger partial charge is 0.494 e. The van der Waals surface area contributed by atoms with Crippen LogP contribution in [0.4, 0.5) is 5.69 Å². The second-order valence-corrected chi connectivity index (χ2v) is 2.93. The Labute approximate surface area is 88.3 Å². The van der Waals surface area contributed by atoms with Gasteiger partial charge in [-0.15, -0.1) is 0 Å². The van der Waals surface area contributed by atoms with Crippen LogP contribution in [0.2, 0.25) is 0 Å². The fourth-order valence-electron chi connectivity index (χ4n) is 0.960. The maximum atomic E-state index is 8.46. The van der Waals surface area contributed by atoms with Crippen molar-refractivity contribution in [1.82, 2.24) is 0 Å². The van der Waals surface area contributed by atoms with Crippen molar-refractivity contribution in [3.05, 3.63) is 24.3 Å². The molecule has 14 heavy (non-hydrogen) atoms. The summed E-state index contributed by atoms with van der Waals surface area (Å²) in [6, 6.07) is 9.12. The van der Waals surface area contributed by atoms with Gasteiger partial charge in [0.25, 0.3) is 0 Å². The van der Waals surface area contributed by atoms with Crippen LogP contribution in [0.3, 0.4) is 0 Å². The number of benzene rings is 1. The second kappa shape index (κ2) is 5.20. The molecule has 1 N–H and O–H groups in total. The monoisotopic (exact) mass is 206 g/mol. The minimum atomic E-state index is 0.161.